The minimum Gasteiger partial charge on any atom is -0.226 e. The maximum absolute atomic E-state index is 10.8. The van der Waals surface area contributed by atoms with Crippen LogP contribution < -0.4 is 0 Å². The number of carbonyl (C=O) groups excluding carboxylic acids is 1. The van der Waals surface area contributed by atoms with Gasteiger partial charge in [0, 0.05) is 0 Å². The summed E-state index contributed by atoms with van der Waals surface area (Å²) in [6.07, 6.45) is -1.24. The van der Waals surface area contributed by atoms with E-state index in [0.29, 0.717) is 0 Å². The lowest BCUT2D eigenvalue weighted by atomic mass is 10.2. The van der Waals surface area contributed by atoms with Crippen molar-refractivity contribution in [3.05, 3.63) is 0 Å². The third kappa shape index (κ3) is 11.2. The first-order valence-corrected chi connectivity index (χ1v) is 4.69. The lowest BCUT2D eigenvalue weighted by Crippen LogP contribution is -2.23. The van der Waals surface area contributed by atoms with E-state index in [4.69, 9.17) is 0 Å². The van der Waals surface area contributed by atoms with Gasteiger partial charge in [-0.2, -0.15) is 14.6 Å². The Morgan fingerprint density at radius 1 is 0.750 bits per heavy atom. The second-order valence-corrected chi connectivity index (χ2v) is 4.94. The fourth-order valence-electron chi connectivity index (χ4n) is 0.308. The predicted molar refractivity (Wildman–Crippen MR) is 51.4 cm³/mol. The van der Waals surface area contributed by atoms with Gasteiger partial charge in [0.15, 0.2) is 0 Å². The number of carbonyl (C=O) groups is 1. The molecule has 7 heteroatoms. The maximum Gasteiger partial charge on any atom is 0.577 e. The van der Waals surface area contributed by atoms with E-state index in [-0.39, 0.29) is 0 Å². The average Bonchev–Trinajstić information content (AvgIpc) is 1.98. The monoisotopic (exact) mass is 238 g/mol. The van der Waals surface area contributed by atoms with Crippen molar-refractivity contribution in [1.82, 2.24) is 0 Å². The summed E-state index contributed by atoms with van der Waals surface area (Å²) < 4.78 is 0. The standard InChI is InChI=1S/C9H18O7/c1-8(2,3)13-15-11-7(10)12-16-14-9(4,5)6/h1-6H3. The van der Waals surface area contributed by atoms with Crippen molar-refractivity contribution in [3.8, 4) is 0 Å². The molecule has 0 aromatic rings. The Bertz CT molecular complexity index is 191. The average molecular weight is 238 g/mol. The van der Waals surface area contributed by atoms with Gasteiger partial charge in [-0.05, 0) is 51.6 Å². The Hall–Kier alpha value is -0.890. The number of hydrogen-bond acceptors (Lipinski definition) is 7. The molecule has 0 aromatic carbocycles. The summed E-state index contributed by atoms with van der Waals surface area (Å²) in [6.45, 7) is 10.3. The Labute approximate surface area is 94.2 Å². The smallest absolute Gasteiger partial charge is 0.226 e. The zero-order valence-corrected chi connectivity index (χ0v) is 10.4. The summed E-state index contributed by atoms with van der Waals surface area (Å²) >= 11 is 0. The third-order valence-corrected chi connectivity index (χ3v) is 0.772. The van der Waals surface area contributed by atoms with Gasteiger partial charge >= 0.3 is 6.16 Å². The molecule has 0 aromatic heterocycles. The van der Waals surface area contributed by atoms with Crippen LogP contribution >= 0.6 is 0 Å². The highest BCUT2D eigenvalue weighted by atomic mass is 17.6. The molecule has 0 radical (unpaired) electrons. The van der Waals surface area contributed by atoms with E-state index in [1.54, 1.807) is 41.5 Å². The highest BCUT2D eigenvalue weighted by Crippen LogP contribution is 2.09. The van der Waals surface area contributed by atoms with Crippen molar-refractivity contribution in [2.24, 2.45) is 0 Å². The molecule has 0 atom stereocenters. The van der Waals surface area contributed by atoms with E-state index in [9.17, 15) is 4.79 Å². The highest BCUT2D eigenvalue weighted by molar-refractivity contribution is 5.57. The van der Waals surface area contributed by atoms with Crippen LogP contribution in [0.15, 0.2) is 0 Å². The van der Waals surface area contributed by atoms with E-state index in [2.05, 4.69) is 29.6 Å². The van der Waals surface area contributed by atoms with Crippen LogP contribution in [0, 0.1) is 0 Å². The van der Waals surface area contributed by atoms with Gasteiger partial charge < -0.3 is 0 Å². The predicted octanol–water partition coefficient (Wildman–Crippen LogP) is 2.46. The van der Waals surface area contributed by atoms with Crippen molar-refractivity contribution >= 4 is 6.16 Å². The van der Waals surface area contributed by atoms with Gasteiger partial charge in [0.05, 0.1) is 11.2 Å². The van der Waals surface area contributed by atoms with Gasteiger partial charge in [0.25, 0.3) is 0 Å². The van der Waals surface area contributed by atoms with Gasteiger partial charge in [0.1, 0.15) is 0 Å². The van der Waals surface area contributed by atoms with Crippen LogP contribution in [-0.2, 0) is 29.6 Å². The summed E-state index contributed by atoms with van der Waals surface area (Å²) in [5.41, 5.74) is -1.22. The van der Waals surface area contributed by atoms with E-state index in [1.807, 2.05) is 0 Å². The fraction of sp³-hybridized carbons (Fsp3) is 0.889. The molecule has 0 bridgehead atoms. The zero-order valence-electron chi connectivity index (χ0n) is 10.4. The van der Waals surface area contributed by atoms with Crippen molar-refractivity contribution < 1.29 is 34.4 Å². The molecule has 0 rings (SSSR count). The Morgan fingerprint density at radius 3 is 1.31 bits per heavy atom. The normalized spacial score (nSPS) is 12.4. The van der Waals surface area contributed by atoms with Crippen LogP contribution in [0.2, 0.25) is 0 Å². The molecule has 0 unspecified atom stereocenters. The molecule has 0 N–H and O–H groups in total. The van der Waals surface area contributed by atoms with E-state index < -0.39 is 17.4 Å². The zero-order chi connectivity index (χ0) is 12.8. The molecular weight excluding hydrogens is 220 g/mol. The Morgan fingerprint density at radius 2 is 1.06 bits per heavy atom. The molecule has 0 heterocycles. The minimum absolute atomic E-state index is 0.608. The van der Waals surface area contributed by atoms with Gasteiger partial charge in [-0.1, -0.05) is 0 Å². The van der Waals surface area contributed by atoms with E-state index >= 15 is 0 Å². The van der Waals surface area contributed by atoms with E-state index in [0.717, 1.165) is 0 Å². The fourth-order valence-corrected chi connectivity index (χ4v) is 0.308. The first kappa shape index (κ1) is 15.1. The first-order valence-electron chi connectivity index (χ1n) is 4.69. The number of hydrogen-bond donors (Lipinski definition) is 0. The molecule has 7 nitrogen and oxygen atoms in total. The lowest BCUT2D eigenvalue weighted by Gasteiger charge is -2.16. The Kier molecular flexibility index (Phi) is 5.66. The van der Waals surface area contributed by atoms with Gasteiger partial charge in [-0.25, -0.2) is 9.78 Å². The van der Waals surface area contributed by atoms with Gasteiger partial charge in [-0.3, -0.25) is 0 Å². The number of rotatable bonds is 4. The summed E-state index contributed by atoms with van der Waals surface area (Å²) in [5, 5.41) is 8.26. The van der Waals surface area contributed by atoms with Crippen LogP contribution in [0.4, 0.5) is 4.79 Å². The minimum atomic E-state index is -1.24. The van der Waals surface area contributed by atoms with Crippen molar-refractivity contribution in [3.63, 3.8) is 0 Å². The van der Waals surface area contributed by atoms with Gasteiger partial charge in [-0.15, -0.1) is 0 Å². The van der Waals surface area contributed by atoms with Crippen molar-refractivity contribution in [2.45, 2.75) is 52.7 Å². The third-order valence-electron chi connectivity index (χ3n) is 0.772. The Balaban J connectivity index is 3.53. The second-order valence-electron chi connectivity index (χ2n) is 4.94. The molecule has 0 amide bonds. The molecule has 0 aliphatic heterocycles. The summed E-state index contributed by atoms with van der Waals surface area (Å²) in [5.74, 6) is 0. The quantitative estimate of drug-likeness (QED) is 0.550. The van der Waals surface area contributed by atoms with Crippen LogP contribution in [0.25, 0.3) is 0 Å². The molecule has 0 aliphatic carbocycles. The molecule has 0 fully saturated rings. The van der Waals surface area contributed by atoms with E-state index in [1.165, 1.54) is 0 Å². The summed E-state index contributed by atoms with van der Waals surface area (Å²) in [7, 11) is 0. The largest absolute Gasteiger partial charge is 0.577 e. The van der Waals surface area contributed by atoms with Crippen molar-refractivity contribution in [2.75, 3.05) is 0 Å². The van der Waals surface area contributed by atoms with Crippen LogP contribution in [0.3, 0.4) is 0 Å². The topological polar surface area (TPSA) is 72.5 Å². The van der Waals surface area contributed by atoms with Crippen molar-refractivity contribution in [1.29, 1.82) is 0 Å². The van der Waals surface area contributed by atoms with Crippen LogP contribution in [-0.4, -0.2) is 17.4 Å². The second kappa shape index (κ2) is 6.00. The van der Waals surface area contributed by atoms with Crippen LogP contribution in [0.1, 0.15) is 41.5 Å². The highest BCUT2D eigenvalue weighted by Gasteiger charge is 2.17. The van der Waals surface area contributed by atoms with Crippen LogP contribution in [0.5, 0.6) is 0 Å². The first-order chi connectivity index (χ1) is 7.10. The molecule has 0 spiro atoms. The maximum atomic E-state index is 10.8. The molecule has 16 heavy (non-hydrogen) atoms. The summed E-state index contributed by atoms with van der Waals surface area (Å²) in [4.78, 5) is 28.1. The molecule has 0 saturated heterocycles. The molecule has 0 saturated carbocycles. The van der Waals surface area contributed by atoms with Gasteiger partial charge in [0.2, 0.25) is 0 Å². The molecular formula is C9H18O7. The SMILES string of the molecule is CC(C)(C)OOOC(=O)OOOC(C)(C)C. The molecule has 0 aliphatic rings. The lowest BCUT2D eigenvalue weighted by molar-refractivity contribution is -0.552. The molecule has 96 valence electrons. The summed E-state index contributed by atoms with van der Waals surface area (Å²) in [6, 6.07) is 0.